The number of hydrogen-bond donors (Lipinski definition) is 0. The van der Waals surface area contributed by atoms with E-state index in [4.69, 9.17) is 4.42 Å². The maximum absolute atomic E-state index is 13.6. The average Bonchev–Trinajstić information content (AvgIpc) is 3.00. The van der Waals surface area contributed by atoms with Crippen molar-refractivity contribution in [3.8, 4) is 11.3 Å². The molecule has 3 heterocycles. The molecular weight excluding hydrogens is 329 g/mol. The van der Waals surface area contributed by atoms with Crippen molar-refractivity contribution in [1.29, 1.82) is 0 Å². The highest BCUT2D eigenvalue weighted by Crippen LogP contribution is 2.38. The fraction of sp³-hybridized carbons (Fsp3) is 0.0952. The number of pyridine rings is 1. The smallest absolute Gasteiger partial charge is 0.287 e. The lowest BCUT2D eigenvalue weighted by Gasteiger charge is -2.09. The van der Waals surface area contributed by atoms with Crippen molar-refractivity contribution in [2.45, 2.75) is 6.92 Å². The SMILES string of the molecule is Cc1ccc2c(oc3nc(F)ccc32)c1-c1c2ccccc2nc[n+]1C. The first-order chi connectivity index (χ1) is 12.6. The van der Waals surface area contributed by atoms with Crippen LogP contribution in [0.25, 0.3) is 44.2 Å². The molecule has 126 valence electrons. The third-order valence-electron chi connectivity index (χ3n) is 4.80. The first kappa shape index (κ1) is 15.0. The first-order valence-electron chi connectivity index (χ1n) is 8.35. The number of furan rings is 1. The predicted octanol–water partition coefficient (Wildman–Crippen LogP) is 4.47. The van der Waals surface area contributed by atoms with Crippen LogP contribution in [0.4, 0.5) is 4.39 Å². The number of fused-ring (bicyclic) bond motifs is 4. The van der Waals surface area contributed by atoms with Gasteiger partial charge in [-0.05, 0) is 41.7 Å². The highest BCUT2D eigenvalue weighted by molar-refractivity contribution is 6.10. The lowest BCUT2D eigenvalue weighted by atomic mass is 9.98. The number of halogens is 1. The monoisotopic (exact) mass is 344 g/mol. The zero-order chi connectivity index (χ0) is 17.8. The van der Waals surface area contributed by atoms with Crippen LogP contribution in [-0.2, 0) is 7.05 Å². The van der Waals surface area contributed by atoms with Gasteiger partial charge in [-0.1, -0.05) is 24.3 Å². The summed E-state index contributed by atoms with van der Waals surface area (Å²) in [7, 11) is 1.97. The van der Waals surface area contributed by atoms with Gasteiger partial charge < -0.3 is 4.42 Å². The molecule has 5 aromatic rings. The van der Waals surface area contributed by atoms with Crippen molar-refractivity contribution in [2.75, 3.05) is 0 Å². The summed E-state index contributed by atoms with van der Waals surface area (Å²) < 4.78 is 21.6. The molecule has 0 N–H and O–H groups in total. The van der Waals surface area contributed by atoms with Crippen molar-refractivity contribution >= 4 is 33.0 Å². The highest BCUT2D eigenvalue weighted by Gasteiger charge is 2.22. The summed E-state index contributed by atoms with van der Waals surface area (Å²) in [6.07, 6.45) is 1.80. The van der Waals surface area contributed by atoms with E-state index in [1.54, 1.807) is 12.4 Å². The van der Waals surface area contributed by atoms with E-state index in [1.165, 1.54) is 6.07 Å². The summed E-state index contributed by atoms with van der Waals surface area (Å²) in [5.41, 5.74) is 5.00. The number of aryl methyl sites for hydroxylation is 2. The molecule has 0 saturated heterocycles. The van der Waals surface area contributed by atoms with Crippen LogP contribution < -0.4 is 4.57 Å². The zero-order valence-electron chi connectivity index (χ0n) is 14.3. The molecule has 0 atom stereocenters. The van der Waals surface area contributed by atoms with Gasteiger partial charge in [0.25, 0.3) is 6.33 Å². The topological polar surface area (TPSA) is 42.8 Å². The summed E-state index contributed by atoms with van der Waals surface area (Å²) in [5.74, 6) is -0.547. The largest absolute Gasteiger partial charge is 0.437 e. The fourth-order valence-corrected chi connectivity index (χ4v) is 3.58. The zero-order valence-corrected chi connectivity index (χ0v) is 14.3. The van der Waals surface area contributed by atoms with E-state index in [2.05, 4.69) is 22.1 Å². The summed E-state index contributed by atoms with van der Waals surface area (Å²) in [6, 6.07) is 15.2. The molecule has 26 heavy (non-hydrogen) atoms. The third kappa shape index (κ3) is 2.03. The molecule has 5 rings (SSSR count). The molecule has 0 fully saturated rings. The number of rotatable bonds is 1. The third-order valence-corrected chi connectivity index (χ3v) is 4.80. The molecule has 0 bridgehead atoms. The van der Waals surface area contributed by atoms with Gasteiger partial charge in [-0.3, -0.25) is 0 Å². The van der Waals surface area contributed by atoms with Crippen LogP contribution in [0, 0.1) is 12.9 Å². The van der Waals surface area contributed by atoms with E-state index in [-0.39, 0.29) is 0 Å². The van der Waals surface area contributed by atoms with Crippen molar-refractivity contribution in [2.24, 2.45) is 7.05 Å². The molecule has 0 aliphatic rings. The van der Waals surface area contributed by atoms with E-state index in [0.29, 0.717) is 11.3 Å². The molecule has 4 nitrogen and oxygen atoms in total. The Morgan fingerprint density at radius 1 is 0.962 bits per heavy atom. The summed E-state index contributed by atoms with van der Waals surface area (Å²) in [6.45, 7) is 2.05. The second kappa shape index (κ2) is 5.33. The van der Waals surface area contributed by atoms with Crippen LogP contribution in [0.2, 0.25) is 0 Å². The van der Waals surface area contributed by atoms with E-state index >= 15 is 0 Å². The number of benzene rings is 2. The van der Waals surface area contributed by atoms with E-state index in [1.807, 2.05) is 42.8 Å². The molecule has 0 unspecified atom stereocenters. The Balaban J connectivity index is 1.98. The minimum Gasteiger partial charge on any atom is -0.437 e. The van der Waals surface area contributed by atoms with Crippen LogP contribution in [0.3, 0.4) is 0 Å². The normalized spacial score (nSPS) is 11.7. The quantitative estimate of drug-likeness (QED) is 0.333. The van der Waals surface area contributed by atoms with Gasteiger partial charge in [0.1, 0.15) is 11.3 Å². The fourth-order valence-electron chi connectivity index (χ4n) is 3.58. The lowest BCUT2D eigenvalue weighted by Crippen LogP contribution is -2.31. The van der Waals surface area contributed by atoms with Crippen LogP contribution in [0.15, 0.2) is 59.3 Å². The molecule has 0 aliphatic heterocycles. The van der Waals surface area contributed by atoms with Gasteiger partial charge in [-0.15, -0.1) is 0 Å². The maximum Gasteiger partial charge on any atom is 0.287 e. The Bertz CT molecular complexity index is 1320. The standard InChI is InChI=1S/C21H15FN3O/c1-12-7-8-13-14-9-10-17(22)24-21(14)26-20(13)18(12)19-15-5-3-4-6-16(15)23-11-25(19)2/h3-11H,1-2H3/q+1. The molecule has 2 aromatic carbocycles. The molecule has 0 amide bonds. The van der Waals surface area contributed by atoms with E-state index < -0.39 is 5.95 Å². The van der Waals surface area contributed by atoms with E-state index in [0.717, 1.165) is 38.5 Å². The number of aromatic nitrogens is 3. The van der Waals surface area contributed by atoms with Gasteiger partial charge in [0.2, 0.25) is 11.7 Å². The molecule has 3 aromatic heterocycles. The Morgan fingerprint density at radius 3 is 2.65 bits per heavy atom. The molecular formula is C21H15FN3O+. The molecule has 5 heteroatoms. The van der Waals surface area contributed by atoms with Crippen molar-refractivity contribution < 1.29 is 13.4 Å². The van der Waals surface area contributed by atoms with Gasteiger partial charge in [0.05, 0.1) is 18.0 Å². The van der Waals surface area contributed by atoms with Crippen LogP contribution in [0.1, 0.15) is 5.56 Å². The van der Waals surface area contributed by atoms with Crippen LogP contribution in [-0.4, -0.2) is 9.97 Å². The van der Waals surface area contributed by atoms with Gasteiger partial charge >= 0.3 is 0 Å². The number of hydrogen-bond acceptors (Lipinski definition) is 3. The van der Waals surface area contributed by atoms with Crippen molar-refractivity contribution in [1.82, 2.24) is 9.97 Å². The first-order valence-corrected chi connectivity index (χ1v) is 8.35. The average molecular weight is 344 g/mol. The van der Waals surface area contributed by atoms with Gasteiger partial charge in [-0.2, -0.15) is 9.37 Å². The lowest BCUT2D eigenvalue weighted by molar-refractivity contribution is -0.662. The second-order valence-corrected chi connectivity index (χ2v) is 6.44. The summed E-state index contributed by atoms with van der Waals surface area (Å²) >= 11 is 0. The Labute approximate surface area is 148 Å². The van der Waals surface area contributed by atoms with Gasteiger partial charge in [-0.25, -0.2) is 4.57 Å². The minimum atomic E-state index is -0.547. The predicted molar refractivity (Wildman–Crippen MR) is 98.1 cm³/mol. The Kier molecular flexibility index (Phi) is 3.06. The Hall–Kier alpha value is -3.34. The Morgan fingerprint density at radius 2 is 1.77 bits per heavy atom. The van der Waals surface area contributed by atoms with E-state index in [9.17, 15) is 4.39 Å². The van der Waals surface area contributed by atoms with Crippen LogP contribution >= 0.6 is 0 Å². The van der Waals surface area contributed by atoms with Crippen molar-refractivity contribution in [3.05, 3.63) is 66.4 Å². The minimum absolute atomic E-state index is 0.313. The summed E-state index contributed by atoms with van der Waals surface area (Å²) in [5, 5.41) is 2.77. The molecule has 0 spiro atoms. The molecule has 0 saturated carbocycles. The van der Waals surface area contributed by atoms with Gasteiger partial charge in [0.15, 0.2) is 5.52 Å². The maximum atomic E-state index is 13.6. The number of para-hydroxylation sites is 1. The van der Waals surface area contributed by atoms with Gasteiger partial charge in [0, 0.05) is 10.8 Å². The molecule has 0 radical (unpaired) electrons. The van der Waals surface area contributed by atoms with Crippen LogP contribution in [0.5, 0.6) is 0 Å². The second-order valence-electron chi connectivity index (χ2n) is 6.44. The molecule has 0 aliphatic carbocycles. The highest BCUT2D eigenvalue weighted by atomic mass is 19.1. The number of nitrogens with zero attached hydrogens (tertiary/aromatic N) is 3. The van der Waals surface area contributed by atoms with Crippen molar-refractivity contribution in [3.63, 3.8) is 0 Å². The summed E-state index contributed by atoms with van der Waals surface area (Å²) in [4.78, 5) is 8.41.